The highest BCUT2D eigenvalue weighted by Gasteiger charge is 2.50. The summed E-state index contributed by atoms with van der Waals surface area (Å²) in [6, 6.07) is 10.0. The first-order valence-electron chi connectivity index (χ1n) is 7.43. The number of nitrogens with zero attached hydrogens (tertiary/aromatic N) is 1. The third kappa shape index (κ3) is 3.27. The Labute approximate surface area is 125 Å². The molecule has 0 aliphatic carbocycles. The SMILES string of the molecule is CC1(C)O[C@H]2[C@H](O1)[C@@H](O)CN(Cc1ccccc1)C[C@@H]2O. The van der Waals surface area contributed by atoms with E-state index in [-0.39, 0.29) is 0 Å². The lowest BCUT2D eigenvalue weighted by atomic mass is 10.1. The first-order valence-corrected chi connectivity index (χ1v) is 7.43. The Balaban J connectivity index is 1.72. The zero-order valence-corrected chi connectivity index (χ0v) is 12.5. The summed E-state index contributed by atoms with van der Waals surface area (Å²) in [6.07, 6.45) is -2.29. The molecule has 2 aliphatic rings. The van der Waals surface area contributed by atoms with Crippen LogP contribution < -0.4 is 0 Å². The van der Waals surface area contributed by atoms with Crippen LogP contribution in [0.4, 0.5) is 0 Å². The molecule has 3 rings (SSSR count). The van der Waals surface area contributed by atoms with Crippen molar-refractivity contribution in [2.45, 2.75) is 50.6 Å². The molecule has 4 atom stereocenters. The van der Waals surface area contributed by atoms with E-state index in [1.165, 1.54) is 0 Å². The molecule has 0 spiro atoms. The van der Waals surface area contributed by atoms with Gasteiger partial charge in [-0.15, -0.1) is 0 Å². The molecule has 0 aromatic heterocycles. The van der Waals surface area contributed by atoms with Crippen molar-refractivity contribution in [3.63, 3.8) is 0 Å². The second-order valence-electron chi connectivity index (χ2n) is 6.38. The van der Waals surface area contributed by atoms with Crippen molar-refractivity contribution in [1.82, 2.24) is 4.90 Å². The number of aliphatic hydroxyl groups excluding tert-OH is 2. The number of β-amino-alcohol motifs (C(OH)–C–C–N with tert-alkyl or cyclic N) is 2. The lowest BCUT2D eigenvalue weighted by molar-refractivity contribution is -0.165. The van der Waals surface area contributed by atoms with E-state index in [1.807, 2.05) is 49.1 Å². The Morgan fingerprint density at radius 2 is 1.57 bits per heavy atom. The van der Waals surface area contributed by atoms with Gasteiger partial charge in [0.25, 0.3) is 0 Å². The van der Waals surface area contributed by atoms with Gasteiger partial charge in [0.05, 0.1) is 12.2 Å². The minimum absolute atomic E-state index is 0.465. The van der Waals surface area contributed by atoms with E-state index < -0.39 is 30.2 Å². The van der Waals surface area contributed by atoms with Crippen LogP contribution in [0.2, 0.25) is 0 Å². The van der Waals surface area contributed by atoms with Gasteiger partial charge in [0.1, 0.15) is 12.2 Å². The van der Waals surface area contributed by atoms with E-state index in [1.54, 1.807) is 0 Å². The van der Waals surface area contributed by atoms with Gasteiger partial charge in [0, 0.05) is 19.6 Å². The van der Waals surface area contributed by atoms with Crippen molar-refractivity contribution in [3.05, 3.63) is 35.9 Å². The summed E-state index contributed by atoms with van der Waals surface area (Å²) >= 11 is 0. The first kappa shape index (κ1) is 14.9. The van der Waals surface area contributed by atoms with Crippen molar-refractivity contribution in [2.75, 3.05) is 13.1 Å². The third-order valence-corrected chi connectivity index (χ3v) is 4.06. The van der Waals surface area contributed by atoms with Gasteiger partial charge in [-0.05, 0) is 19.4 Å². The summed E-state index contributed by atoms with van der Waals surface area (Å²) in [4.78, 5) is 2.04. The number of aliphatic hydroxyl groups is 2. The zero-order chi connectivity index (χ0) is 15.0. The molecule has 2 aliphatic heterocycles. The molecule has 2 N–H and O–H groups in total. The number of benzene rings is 1. The number of fused-ring (bicyclic) bond motifs is 1. The lowest BCUT2D eigenvalue weighted by Gasteiger charge is -2.26. The predicted octanol–water partition coefficient (Wildman–Crippen LogP) is 0.744. The molecule has 1 aromatic rings. The van der Waals surface area contributed by atoms with Crippen molar-refractivity contribution in [2.24, 2.45) is 0 Å². The number of rotatable bonds is 2. The number of hydrogen-bond acceptors (Lipinski definition) is 5. The van der Waals surface area contributed by atoms with Crippen LogP contribution >= 0.6 is 0 Å². The normalized spacial score (nSPS) is 36.2. The molecule has 0 bridgehead atoms. The highest BCUT2D eigenvalue weighted by atomic mass is 16.8. The topological polar surface area (TPSA) is 62.2 Å². The molecule has 2 saturated heterocycles. The predicted molar refractivity (Wildman–Crippen MR) is 77.6 cm³/mol. The Kier molecular flexibility index (Phi) is 4.03. The molecule has 2 heterocycles. The molecule has 0 saturated carbocycles. The molecule has 5 nitrogen and oxygen atoms in total. The number of ether oxygens (including phenoxy) is 2. The summed E-state index contributed by atoms with van der Waals surface area (Å²) < 4.78 is 11.5. The molecule has 0 amide bonds. The van der Waals surface area contributed by atoms with Crippen LogP contribution in [-0.4, -0.2) is 58.4 Å². The third-order valence-electron chi connectivity index (χ3n) is 4.06. The van der Waals surface area contributed by atoms with Gasteiger partial charge in [-0.3, -0.25) is 4.90 Å². The Morgan fingerprint density at radius 3 is 2.10 bits per heavy atom. The van der Waals surface area contributed by atoms with Crippen LogP contribution in [0.5, 0.6) is 0 Å². The molecule has 116 valence electrons. The molecule has 0 unspecified atom stereocenters. The van der Waals surface area contributed by atoms with Crippen molar-refractivity contribution in [3.8, 4) is 0 Å². The van der Waals surface area contributed by atoms with Crippen LogP contribution in [0.25, 0.3) is 0 Å². The standard InChI is InChI=1S/C16H23NO4/c1-16(2)20-14-12(18)9-17(10-13(19)15(14)21-16)8-11-6-4-3-5-7-11/h3-7,12-15,18-19H,8-10H2,1-2H3/t12-,13-,14+,15+/m0/s1. The maximum Gasteiger partial charge on any atom is 0.164 e. The molecular weight excluding hydrogens is 270 g/mol. The monoisotopic (exact) mass is 293 g/mol. The van der Waals surface area contributed by atoms with Crippen LogP contribution in [0, 0.1) is 0 Å². The van der Waals surface area contributed by atoms with E-state index in [0.29, 0.717) is 19.6 Å². The highest BCUT2D eigenvalue weighted by molar-refractivity contribution is 5.14. The van der Waals surface area contributed by atoms with Gasteiger partial charge < -0.3 is 19.7 Å². The highest BCUT2D eigenvalue weighted by Crippen LogP contribution is 2.34. The summed E-state index contributed by atoms with van der Waals surface area (Å²) in [5.41, 5.74) is 1.16. The van der Waals surface area contributed by atoms with Crippen molar-refractivity contribution < 1.29 is 19.7 Å². The molecular formula is C16H23NO4. The number of likely N-dealkylation sites (tertiary alicyclic amines) is 1. The van der Waals surface area contributed by atoms with E-state index in [2.05, 4.69) is 0 Å². The Morgan fingerprint density at radius 1 is 1.05 bits per heavy atom. The summed E-state index contributed by atoms with van der Waals surface area (Å²) in [5.74, 6) is -0.751. The van der Waals surface area contributed by atoms with Gasteiger partial charge >= 0.3 is 0 Å². The number of hydrogen-bond donors (Lipinski definition) is 2. The van der Waals surface area contributed by atoms with E-state index in [9.17, 15) is 10.2 Å². The average molecular weight is 293 g/mol. The van der Waals surface area contributed by atoms with Gasteiger partial charge in [-0.2, -0.15) is 0 Å². The van der Waals surface area contributed by atoms with E-state index in [4.69, 9.17) is 9.47 Å². The maximum absolute atomic E-state index is 10.4. The smallest absolute Gasteiger partial charge is 0.164 e. The largest absolute Gasteiger partial charge is 0.389 e. The molecule has 2 fully saturated rings. The first-order chi connectivity index (χ1) is 9.94. The quantitative estimate of drug-likeness (QED) is 0.842. The molecule has 1 aromatic carbocycles. The van der Waals surface area contributed by atoms with Crippen LogP contribution in [-0.2, 0) is 16.0 Å². The fourth-order valence-electron chi connectivity index (χ4n) is 3.19. The second kappa shape index (κ2) is 5.66. The van der Waals surface area contributed by atoms with Gasteiger partial charge in [-0.25, -0.2) is 0 Å². The second-order valence-corrected chi connectivity index (χ2v) is 6.38. The Bertz CT molecular complexity index is 456. The molecule has 21 heavy (non-hydrogen) atoms. The van der Waals surface area contributed by atoms with Crippen molar-refractivity contribution >= 4 is 0 Å². The minimum Gasteiger partial charge on any atom is -0.389 e. The zero-order valence-electron chi connectivity index (χ0n) is 12.5. The summed E-state index contributed by atoms with van der Waals surface area (Å²) in [5, 5.41) is 20.8. The van der Waals surface area contributed by atoms with Crippen LogP contribution in [0.15, 0.2) is 30.3 Å². The van der Waals surface area contributed by atoms with Gasteiger partial charge in [0.15, 0.2) is 5.79 Å². The van der Waals surface area contributed by atoms with Crippen LogP contribution in [0.3, 0.4) is 0 Å². The fraction of sp³-hybridized carbons (Fsp3) is 0.625. The molecule has 5 heteroatoms. The average Bonchev–Trinajstić information content (AvgIpc) is 2.71. The lowest BCUT2D eigenvalue weighted by Crippen LogP contribution is -2.41. The van der Waals surface area contributed by atoms with Crippen molar-refractivity contribution in [1.29, 1.82) is 0 Å². The van der Waals surface area contributed by atoms with Gasteiger partial charge in [-0.1, -0.05) is 30.3 Å². The molecule has 0 radical (unpaired) electrons. The maximum atomic E-state index is 10.4. The Hall–Kier alpha value is -0.980. The minimum atomic E-state index is -0.751. The van der Waals surface area contributed by atoms with Gasteiger partial charge in [0.2, 0.25) is 0 Å². The summed E-state index contributed by atoms with van der Waals surface area (Å²) in [7, 11) is 0. The fourth-order valence-corrected chi connectivity index (χ4v) is 3.19. The van der Waals surface area contributed by atoms with E-state index >= 15 is 0 Å². The summed E-state index contributed by atoms with van der Waals surface area (Å²) in [6.45, 7) is 5.24. The van der Waals surface area contributed by atoms with E-state index in [0.717, 1.165) is 5.56 Å². The van der Waals surface area contributed by atoms with Crippen LogP contribution in [0.1, 0.15) is 19.4 Å².